The molecule has 0 heterocycles. The molecule has 4 rings (SSSR count). The number of ether oxygens (including phenoxy) is 2. The van der Waals surface area contributed by atoms with E-state index in [1.165, 1.54) is 0 Å². The van der Waals surface area contributed by atoms with Gasteiger partial charge in [0.2, 0.25) is 0 Å². The van der Waals surface area contributed by atoms with Gasteiger partial charge in [0.15, 0.2) is 0 Å². The summed E-state index contributed by atoms with van der Waals surface area (Å²) in [5.41, 5.74) is -0.440. The second kappa shape index (κ2) is 11.6. The largest absolute Gasteiger partial charge is 0.465 e. The van der Waals surface area contributed by atoms with Crippen LogP contribution in [0, 0.1) is 46.3 Å². The standard InChI is InChI=1S/C28H44F2O10S/c1-15(4-7-23(34)39-10-11-40-25(35)28(29,30)41(36,37)38)18-5-6-19-24-20(14-22(33)27(18,19)3)26(2)9-8-17(31)12-16(26)13-21(24)32/h15-22,24,31-33H,4-14H2,1-3H3,(H,36,37,38)/t15-,16+,17?,18-,19+,20+,21?,22?,24+,26+,27-/m1/s1. The van der Waals surface area contributed by atoms with Crippen LogP contribution in [-0.2, 0) is 29.2 Å². The zero-order chi connectivity index (χ0) is 30.5. The van der Waals surface area contributed by atoms with Gasteiger partial charge >= 0.3 is 27.3 Å². The highest BCUT2D eigenvalue weighted by Crippen LogP contribution is 2.68. The van der Waals surface area contributed by atoms with Gasteiger partial charge in [-0.15, -0.1) is 0 Å². The minimum Gasteiger partial charge on any atom is -0.462 e. The molecule has 0 radical (unpaired) electrons. The van der Waals surface area contributed by atoms with Crippen molar-refractivity contribution >= 4 is 22.1 Å². The molecule has 4 aliphatic rings. The fraction of sp³-hybridized carbons (Fsp3) is 0.929. The van der Waals surface area contributed by atoms with Crippen LogP contribution in [-0.4, -0.2) is 77.0 Å². The number of rotatable bonds is 9. The van der Waals surface area contributed by atoms with E-state index < -0.39 is 58.1 Å². The van der Waals surface area contributed by atoms with Crippen LogP contribution >= 0.6 is 0 Å². The molecule has 0 saturated heterocycles. The number of esters is 2. The second-order valence-corrected chi connectivity index (χ2v) is 14.9. The molecule has 4 fully saturated rings. The summed E-state index contributed by atoms with van der Waals surface area (Å²) in [5, 5.41) is 28.2. The maximum atomic E-state index is 13.2. The molecular weight excluding hydrogens is 566 g/mol. The van der Waals surface area contributed by atoms with Crippen LogP contribution in [0.4, 0.5) is 8.78 Å². The first-order valence-corrected chi connectivity index (χ1v) is 16.1. The maximum absolute atomic E-state index is 13.2. The predicted molar refractivity (Wildman–Crippen MR) is 141 cm³/mol. The summed E-state index contributed by atoms with van der Waals surface area (Å²) in [5.74, 6) is -2.29. The van der Waals surface area contributed by atoms with Crippen molar-refractivity contribution < 1.29 is 56.1 Å². The molecule has 4 N–H and O–H groups in total. The summed E-state index contributed by atoms with van der Waals surface area (Å²) < 4.78 is 65.0. The Labute approximate surface area is 239 Å². The lowest BCUT2D eigenvalue weighted by Crippen LogP contribution is -2.62. The number of hydrogen-bond donors (Lipinski definition) is 4. The summed E-state index contributed by atoms with van der Waals surface area (Å²) in [6.45, 7) is 5.07. The van der Waals surface area contributed by atoms with Crippen LogP contribution < -0.4 is 0 Å². The van der Waals surface area contributed by atoms with Gasteiger partial charge < -0.3 is 24.8 Å². The van der Waals surface area contributed by atoms with Crippen molar-refractivity contribution in [2.75, 3.05) is 13.2 Å². The van der Waals surface area contributed by atoms with Crippen LogP contribution in [0.1, 0.15) is 78.6 Å². The van der Waals surface area contributed by atoms with E-state index >= 15 is 0 Å². The molecule has 0 aromatic carbocycles. The third-order valence-corrected chi connectivity index (χ3v) is 12.3. The summed E-state index contributed by atoms with van der Waals surface area (Å²) in [6, 6.07) is 0. The van der Waals surface area contributed by atoms with Crippen molar-refractivity contribution in [3.8, 4) is 0 Å². The van der Waals surface area contributed by atoms with E-state index in [1.807, 2.05) is 6.92 Å². The first-order chi connectivity index (χ1) is 18.9. The molecule has 0 spiro atoms. The van der Waals surface area contributed by atoms with Crippen LogP contribution in [0.25, 0.3) is 0 Å². The van der Waals surface area contributed by atoms with Gasteiger partial charge in [-0.25, -0.2) is 4.79 Å². The van der Waals surface area contributed by atoms with Gasteiger partial charge in [0.1, 0.15) is 13.2 Å². The number of aliphatic hydroxyl groups is 3. The molecule has 3 unspecified atom stereocenters. The number of halogens is 2. The Kier molecular flexibility index (Phi) is 9.19. The molecule has 0 aliphatic heterocycles. The quantitative estimate of drug-likeness (QED) is 0.173. The third kappa shape index (κ3) is 5.77. The SMILES string of the molecule is C[C@H](CCC(=O)OCCOC(=O)C(F)(F)S(=O)(=O)O)[C@H]1CC[C@H]2[C@@H]3C(O)C[C@@H]4CC(O)CC[C@]4(C)[C@H]3CC(O)[C@]12C. The van der Waals surface area contributed by atoms with Crippen molar-refractivity contribution in [3.05, 3.63) is 0 Å². The first-order valence-electron chi connectivity index (χ1n) is 14.7. The van der Waals surface area contributed by atoms with Crippen molar-refractivity contribution in [2.24, 2.45) is 46.3 Å². The van der Waals surface area contributed by atoms with Crippen molar-refractivity contribution in [1.82, 2.24) is 0 Å². The van der Waals surface area contributed by atoms with Gasteiger partial charge in [-0.05, 0) is 97.7 Å². The average molecular weight is 611 g/mol. The smallest absolute Gasteiger partial charge is 0.462 e. The van der Waals surface area contributed by atoms with E-state index in [-0.39, 0.29) is 53.4 Å². The number of carbonyl (C=O) groups excluding carboxylic acids is 2. The Balaban J connectivity index is 1.31. The van der Waals surface area contributed by atoms with E-state index in [9.17, 15) is 42.1 Å². The molecule has 11 atom stereocenters. The van der Waals surface area contributed by atoms with Gasteiger partial charge in [0.05, 0.1) is 18.3 Å². The molecule has 41 heavy (non-hydrogen) atoms. The van der Waals surface area contributed by atoms with Gasteiger partial charge in [0, 0.05) is 6.42 Å². The fourth-order valence-corrected chi connectivity index (χ4v) is 9.50. The Hall–Kier alpha value is -1.41. The Bertz CT molecular complexity index is 1100. The fourth-order valence-electron chi connectivity index (χ4n) is 9.23. The van der Waals surface area contributed by atoms with Crippen LogP contribution in [0.15, 0.2) is 0 Å². The number of carbonyl (C=O) groups is 2. The lowest BCUT2D eigenvalue weighted by molar-refractivity contribution is -0.207. The average Bonchev–Trinajstić information content (AvgIpc) is 3.24. The van der Waals surface area contributed by atoms with Gasteiger partial charge in [0.25, 0.3) is 0 Å². The Morgan fingerprint density at radius 3 is 2.32 bits per heavy atom. The molecule has 236 valence electrons. The van der Waals surface area contributed by atoms with Gasteiger partial charge in [-0.2, -0.15) is 17.2 Å². The number of fused-ring (bicyclic) bond motifs is 5. The molecule has 13 heteroatoms. The molecule has 4 aliphatic carbocycles. The van der Waals surface area contributed by atoms with Crippen LogP contribution in [0.5, 0.6) is 0 Å². The number of alkyl halides is 2. The topological polar surface area (TPSA) is 168 Å². The van der Waals surface area contributed by atoms with E-state index in [2.05, 4.69) is 18.6 Å². The van der Waals surface area contributed by atoms with Gasteiger partial charge in [-0.1, -0.05) is 20.8 Å². The van der Waals surface area contributed by atoms with Crippen LogP contribution in [0.2, 0.25) is 0 Å². The van der Waals surface area contributed by atoms with Gasteiger partial charge in [-0.3, -0.25) is 9.35 Å². The predicted octanol–water partition coefficient (Wildman–Crippen LogP) is 2.93. The van der Waals surface area contributed by atoms with E-state index in [0.29, 0.717) is 25.7 Å². The van der Waals surface area contributed by atoms with Crippen LogP contribution in [0.3, 0.4) is 0 Å². The normalized spacial score (nSPS) is 41.5. The summed E-state index contributed by atoms with van der Waals surface area (Å²) >= 11 is 0. The molecule has 10 nitrogen and oxygen atoms in total. The lowest BCUT2D eigenvalue weighted by Gasteiger charge is -2.63. The minimum absolute atomic E-state index is 0.0143. The monoisotopic (exact) mass is 610 g/mol. The molecular formula is C28H44F2O10S. The highest BCUT2D eigenvalue weighted by atomic mass is 32.2. The number of hydrogen-bond acceptors (Lipinski definition) is 9. The third-order valence-electron chi connectivity index (χ3n) is 11.5. The Morgan fingerprint density at radius 2 is 1.66 bits per heavy atom. The minimum atomic E-state index is -5.98. The van der Waals surface area contributed by atoms with E-state index in [0.717, 1.165) is 25.7 Å². The van der Waals surface area contributed by atoms with Crippen molar-refractivity contribution in [1.29, 1.82) is 0 Å². The van der Waals surface area contributed by atoms with E-state index in [4.69, 9.17) is 9.29 Å². The Morgan fingerprint density at radius 1 is 1.00 bits per heavy atom. The molecule has 0 bridgehead atoms. The summed E-state index contributed by atoms with van der Waals surface area (Å²) in [7, 11) is -5.98. The maximum Gasteiger partial charge on any atom is 0.465 e. The molecule has 0 aromatic heterocycles. The molecule has 4 saturated carbocycles. The zero-order valence-corrected chi connectivity index (χ0v) is 24.7. The number of aliphatic hydroxyl groups excluding tert-OH is 3. The molecule has 0 aromatic rings. The highest BCUT2D eigenvalue weighted by molar-refractivity contribution is 7.87. The summed E-state index contributed by atoms with van der Waals surface area (Å²) in [4.78, 5) is 23.5. The first kappa shape index (κ1) is 32.5. The van der Waals surface area contributed by atoms with Crippen molar-refractivity contribution in [3.63, 3.8) is 0 Å². The highest BCUT2D eigenvalue weighted by Gasteiger charge is 2.65. The van der Waals surface area contributed by atoms with Crippen molar-refractivity contribution in [2.45, 2.75) is 102 Å². The lowest BCUT2D eigenvalue weighted by atomic mass is 9.43. The summed E-state index contributed by atoms with van der Waals surface area (Å²) in [6.07, 6.45) is 4.48. The molecule has 0 amide bonds. The zero-order valence-electron chi connectivity index (χ0n) is 23.9. The second-order valence-electron chi connectivity index (χ2n) is 13.4. The van der Waals surface area contributed by atoms with E-state index in [1.54, 1.807) is 0 Å².